The summed E-state index contributed by atoms with van der Waals surface area (Å²) < 4.78 is -0.0382. The van der Waals surface area contributed by atoms with E-state index in [1.54, 1.807) is 0 Å². The first-order valence-corrected chi connectivity index (χ1v) is 9.48. The summed E-state index contributed by atoms with van der Waals surface area (Å²) in [5.41, 5.74) is 0.370. The van der Waals surface area contributed by atoms with E-state index >= 15 is 0 Å². The first-order chi connectivity index (χ1) is 9.26. The topological polar surface area (TPSA) is 3.24 Å². The summed E-state index contributed by atoms with van der Waals surface area (Å²) in [7, 11) is 8.73. The Morgan fingerprint density at radius 3 is 2.80 bits per heavy atom. The van der Waals surface area contributed by atoms with Crippen molar-refractivity contribution < 1.29 is 0 Å². The molecule has 4 unspecified atom stereocenters. The van der Waals surface area contributed by atoms with Crippen molar-refractivity contribution in [2.45, 2.75) is 62.1 Å². The normalized spacial score (nSPS) is 43.4. The number of halogens is 1. The Kier molecular flexibility index (Phi) is 5.48. The van der Waals surface area contributed by atoms with Crippen LogP contribution in [0, 0.1) is 17.3 Å². The van der Waals surface area contributed by atoms with Gasteiger partial charge >= 0.3 is 0 Å². The van der Waals surface area contributed by atoms with Gasteiger partial charge in [0.15, 0.2) is 0 Å². The van der Waals surface area contributed by atoms with Crippen LogP contribution < -0.4 is 0 Å². The minimum absolute atomic E-state index is 0.0382. The lowest BCUT2D eigenvalue weighted by molar-refractivity contribution is 0.162. The molecule has 0 spiro atoms. The molecule has 0 aromatic carbocycles. The third kappa shape index (κ3) is 3.90. The SMILES string of the molecule is [B]C1(I)CCCC2C(=S)N(C)CCC2CC(C)(CC)C1. The summed E-state index contributed by atoms with van der Waals surface area (Å²) in [5, 5.41) is 0. The van der Waals surface area contributed by atoms with Crippen molar-refractivity contribution in [2.75, 3.05) is 13.6 Å². The monoisotopic (exact) mass is 403 g/mol. The molecule has 2 fully saturated rings. The molecule has 2 radical (unpaired) electrons. The molecule has 1 aliphatic heterocycles. The molecule has 0 bridgehead atoms. The minimum Gasteiger partial charge on any atom is -0.369 e. The van der Waals surface area contributed by atoms with Crippen molar-refractivity contribution in [2.24, 2.45) is 17.3 Å². The summed E-state index contributed by atoms with van der Waals surface area (Å²) in [6, 6.07) is 0. The first-order valence-electron chi connectivity index (χ1n) is 7.99. The number of hydrogen-bond donors (Lipinski definition) is 0. The van der Waals surface area contributed by atoms with Gasteiger partial charge in [0.2, 0.25) is 0 Å². The van der Waals surface area contributed by atoms with Gasteiger partial charge in [-0.15, -0.1) is 0 Å². The van der Waals surface area contributed by atoms with Crippen molar-refractivity contribution in [1.29, 1.82) is 0 Å². The zero-order valence-corrected chi connectivity index (χ0v) is 16.1. The van der Waals surface area contributed by atoms with E-state index in [1.807, 2.05) is 0 Å². The highest BCUT2D eigenvalue weighted by atomic mass is 127. The second-order valence-corrected chi connectivity index (χ2v) is 9.95. The zero-order valence-electron chi connectivity index (χ0n) is 13.1. The van der Waals surface area contributed by atoms with Crippen LogP contribution in [0.5, 0.6) is 0 Å². The van der Waals surface area contributed by atoms with Gasteiger partial charge in [-0.25, -0.2) is 0 Å². The van der Waals surface area contributed by atoms with E-state index in [0.29, 0.717) is 11.3 Å². The average molecular weight is 403 g/mol. The molecule has 0 N–H and O–H groups in total. The lowest BCUT2D eigenvalue weighted by atomic mass is 9.66. The predicted octanol–water partition coefficient (Wildman–Crippen LogP) is 4.56. The Morgan fingerprint density at radius 2 is 2.15 bits per heavy atom. The number of hydrogen-bond acceptors (Lipinski definition) is 1. The highest BCUT2D eigenvalue weighted by Crippen LogP contribution is 2.47. The van der Waals surface area contributed by atoms with E-state index in [4.69, 9.17) is 20.1 Å². The van der Waals surface area contributed by atoms with E-state index < -0.39 is 0 Å². The van der Waals surface area contributed by atoms with E-state index in [1.165, 1.54) is 37.1 Å². The Morgan fingerprint density at radius 1 is 1.45 bits per heavy atom. The molecular weight excluding hydrogens is 376 g/mol. The largest absolute Gasteiger partial charge is 0.369 e. The van der Waals surface area contributed by atoms with Crippen LogP contribution in [0.4, 0.5) is 0 Å². The van der Waals surface area contributed by atoms with Crippen LogP contribution in [0.1, 0.15) is 58.8 Å². The van der Waals surface area contributed by atoms with Gasteiger partial charge < -0.3 is 4.90 Å². The highest BCUT2D eigenvalue weighted by molar-refractivity contribution is 14.1. The summed E-state index contributed by atoms with van der Waals surface area (Å²) in [5.74, 6) is 1.38. The molecule has 4 atom stereocenters. The Labute approximate surface area is 145 Å². The van der Waals surface area contributed by atoms with Gasteiger partial charge in [-0.1, -0.05) is 61.5 Å². The van der Waals surface area contributed by atoms with Crippen LogP contribution >= 0.6 is 34.8 Å². The molecule has 1 nitrogen and oxygen atoms in total. The molecule has 0 amide bonds. The van der Waals surface area contributed by atoms with Crippen molar-refractivity contribution in [3.63, 3.8) is 0 Å². The molecule has 20 heavy (non-hydrogen) atoms. The number of piperidine rings is 1. The summed E-state index contributed by atoms with van der Waals surface area (Å²) >= 11 is 8.23. The quantitative estimate of drug-likeness (QED) is 0.273. The number of fused-ring (bicyclic) bond motifs is 1. The van der Waals surface area contributed by atoms with Crippen molar-refractivity contribution in [3.05, 3.63) is 0 Å². The molecule has 2 rings (SSSR count). The Hall–Kier alpha value is 0.685. The molecule has 2 aliphatic rings. The van der Waals surface area contributed by atoms with Gasteiger partial charge in [0.25, 0.3) is 0 Å². The maximum atomic E-state index is 6.56. The first kappa shape index (κ1) is 17.0. The second-order valence-electron chi connectivity index (χ2n) is 7.39. The lowest BCUT2D eigenvalue weighted by Crippen LogP contribution is -2.43. The molecule has 4 heteroatoms. The maximum Gasteiger partial charge on any atom is 0.0890 e. The third-order valence-electron chi connectivity index (χ3n) is 5.53. The van der Waals surface area contributed by atoms with Crippen LogP contribution in [0.25, 0.3) is 0 Å². The fourth-order valence-corrected chi connectivity index (χ4v) is 5.85. The van der Waals surface area contributed by atoms with Gasteiger partial charge in [-0.05, 0) is 46.8 Å². The predicted molar refractivity (Wildman–Crippen MR) is 101 cm³/mol. The van der Waals surface area contributed by atoms with Crippen LogP contribution in [0.15, 0.2) is 0 Å². The van der Waals surface area contributed by atoms with Gasteiger partial charge in [-0.2, -0.15) is 0 Å². The summed E-state index contributed by atoms with van der Waals surface area (Å²) in [4.78, 5) is 3.51. The summed E-state index contributed by atoms with van der Waals surface area (Å²) in [6.45, 7) is 5.90. The van der Waals surface area contributed by atoms with Crippen molar-refractivity contribution in [3.8, 4) is 0 Å². The van der Waals surface area contributed by atoms with Crippen molar-refractivity contribution in [1.82, 2.24) is 4.90 Å². The van der Waals surface area contributed by atoms with Gasteiger partial charge in [0, 0.05) is 19.5 Å². The van der Waals surface area contributed by atoms with E-state index in [-0.39, 0.29) is 3.32 Å². The van der Waals surface area contributed by atoms with Crippen LogP contribution in [-0.2, 0) is 0 Å². The molecule has 0 aromatic rings. The van der Waals surface area contributed by atoms with E-state index in [2.05, 4.69) is 48.4 Å². The van der Waals surface area contributed by atoms with Gasteiger partial charge in [-0.3, -0.25) is 0 Å². The minimum atomic E-state index is -0.0382. The molecule has 0 aromatic heterocycles. The number of nitrogens with zero attached hydrogens (tertiary/aromatic N) is 1. The molecule has 1 heterocycles. The maximum absolute atomic E-state index is 6.56. The van der Waals surface area contributed by atoms with Crippen LogP contribution in [0.2, 0.25) is 0 Å². The Balaban J connectivity index is 2.23. The van der Waals surface area contributed by atoms with Crippen LogP contribution in [0.3, 0.4) is 0 Å². The molecule has 112 valence electrons. The standard InChI is InChI=1S/C16H27BINS/c1-4-15(2)10-12-7-9-19(3)14(20)13(12)6-5-8-16(17,18)11-15/h12-13H,4-11H2,1-3H3. The number of likely N-dealkylation sites (tertiary alicyclic amines) is 1. The lowest BCUT2D eigenvalue weighted by Gasteiger charge is -2.43. The van der Waals surface area contributed by atoms with Gasteiger partial charge in [0.05, 0.1) is 12.8 Å². The second kappa shape index (κ2) is 6.43. The zero-order chi connectivity index (χ0) is 15.0. The molecule has 1 saturated carbocycles. The number of rotatable bonds is 1. The van der Waals surface area contributed by atoms with Gasteiger partial charge in [0.1, 0.15) is 0 Å². The summed E-state index contributed by atoms with van der Waals surface area (Å²) in [6.07, 6.45) is 8.53. The fraction of sp³-hybridized carbons (Fsp3) is 0.938. The van der Waals surface area contributed by atoms with E-state index in [0.717, 1.165) is 25.3 Å². The fourth-order valence-electron chi connectivity index (χ4n) is 4.15. The average Bonchev–Trinajstić information content (AvgIpc) is 2.41. The number of alkyl halides is 1. The highest BCUT2D eigenvalue weighted by Gasteiger charge is 2.40. The third-order valence-corrected chi connectivity index (χ3v) is 7.07. The van der Waals surface area contributed by atoms with E-state index in [9.17, 15) is 0 Å². The molecule has 1 saturated heterocycles. The number of thiocarbonyl (C=S) groups is 1. The van der Waals surface area contributed by atoms with Crippen LogP contribution in [-0.4, -0.2) is 34.6 Å². The molecule has 1 aliphatic carbocycles. The molecular formula is C16H27BINS. The smallest absolute Gasteiger partial charge is 0.0890 e. The Bertz CT molecular complexity index is 373. The van der Waals surface area contributed by atoms with Crippen molar-refractivity contribution >= 4 is 47.6 Å².